The van der Waals surface area contributed by atoms with Crippen molar-refractivity contribution < 1.29 is 17.9 Å². The van der Waals surface area contributed by atoms with Crippen LogP contribution in [-0.4, -0.2) is 31.6 Å². The SMILES string of the molecule is O=S(=O)(Nc1cc2c(cc1Br)OCCO2)c1cnc[nH]1. The van der Waals surface area contributed by atoms with Crippen LogP contribution in [-0.2, 0) is 10.0 Å². The molecule has 0 bridgehead atoms. The van der Waals surface area contributed by atoms with Gasteiger partial charge in [0, 0.05) is 16.6 Å². The number of hydrogen-bond donors (Lipinski definition) is 2. The molecule has 9 heteroatoms. The van der Waals surface area contributed by atoms with Gasteiger partial charge in [0.2, 0.25) is 0 Å². The largest absolute Gasteiger partial charge is 0.486 e. The highest BCUT2D eigenvalue weighted by molar-refractivity contribution is 9.10. The summed E-state index contributed by atoms with van der Waals surface area (Å²) in [6, 6.07) is 3.24. The summed E-state index contributed by atoms with van der Waals surface area (Å²) in [5.41, 5.74) is 0.365. The number of nitrogens with one attached hydrogen (secondary N) is 2. The number of aromatic nitrogens is 2. The first-order valence-corrected chi connectivity index (χ1v) is 7.94. The lowest BCUT2D eigenvalue weighted by Crippen LogP contribution is -2.17. The highest BCUT2D eigenvalue weighted by atomic mass is 79.9. The number of anilines is 1. The van der Waals surface area contributed by atoms with E-state index in [0.29, 0.717) is 34.9 Å². The summed E-state index contributed by atoms with van der Waals surface area (Å²) >= 11 is 3.30. The van der Waals surface area contributed by atoms with Gasteiger partial charge in [0.05, 0.1) is 18.2 Å². The molecule has 1 aliphatic heterocycles. The fourth-order valence-corrected chi connectivity index (χ4v) is 3.26. The molecule has 0 spiro atoms. The Morgan fingerprint density at radius 1 is 1.25 bits per heavy atom. The van der Waals surface area contributed by atoms with Crippen LogP contribution in [0.25, 0.3) is 0 Å². The van der Waals surface area contributed by atoms with Gasteiger partial charge >= 0.3 is 0 Å². The van der Waals surface area contributed by atoms with Gasteiger partial charge in [-0.2, -0.15) is 8.42 Å². The summed E-state index contributed by atoms with van der Waals surface area (Å²) < 4.78 is 38.1. The monoisotopic (exact) mass is 359 g/mol. The van der Waals surface area contributed by atoms with E-state index in [1.165, 1.54) is 12.5 Å². The lowest BCUT2D eigenvalue weighted by atomic mass is 10.2. The normalized spacial score (nSPS) is 14.1. The molecule has 1 aromatic heterocycles. The first kappa shape index (κ1) is 13.3. The molecule has 0 amide bonds. The van der Waals surface area contributed by atoms with E-state index in [9.17, 15) is 8.42 Å². The van der Waals surface area contributed by atoms with Crippen LogP contribution in [0, 0.1) is 0 Å². The standard InChI is InChI=1S/C11H10BrN3O4S/c12-7-3-9-10(19-2-1-18-9)4-8(7)15-20(16,17)11-5-13-6-14-11/h3-6,15H,1-2H2,(H,13,14). The van der Waals surface area contributed by atoms with Crippen molar-refractivity contribution in [2.24, 2.45) is 0 Å². The number of nitrogens with zero attached hydrogens (tertiary/aromatic N) is 1. The summed E-state index contributed by atoms with van der Waals surface area (Å²) in [7, 11) is -3.71. The van der Waals surface area contributed by atoms with Gasteiger partial charge in [0.1, 0.15) is 13.2 Å². The predicted octanol–water partition coefficient (Wildman–Crippen LogP) is 1.74. The zero-order chi connectivity index (χ0) is 14.2. The number of aromatic amines is 1. The Kier molecular flexibility index (Phi) is 3.30. The molecule has 2 N–H and O–H groups in total. The average molecular weight is 360 g/mol. The molecule has 1 aromatic carbocycles. The van der Waals surface area contributed by atoms with Crippen molar-refractivity contribution in [3.05, 3.63) is 29.1 Å². The predicted molar refractivity (Wildman–Crippen MR) is 74.5 cm³/mol. The molecule has 2 heterocycles. The van der Waals surface area contributed by atoms with Gasteiger partial charge in [-0.1, -0.05) is 0 Å². The molecular formula is C11H10BrN3O4S. The van der Waals surface area contributed by atoms with Crippen molar-refractivity contribution in [3.8, 4) is 11.5 Å². The Morgan fingerprint density at radius 3 is 2.60 bits per heavy atom. The van der Waals surface area contributed by atoms with E-state index < -0.39 is 10.0 Å². The van der Waals surface area contributed by atoms with Gasteiger partial charge in [-0.15, -0.1) is 0 Å². The summed E-state index contributed by atoms with van der Waals surface area (Å²) in [4.78, 5) is 6.24. The highest BCUT2D eigenvalue weighted by Gasteiger charge is 2.20. The summed E-state index contributed by atoms with van der Waals surface area (Å²) in [6.07, 6.45) is 2.53. The number of benzene rings is 1. The lowest BCUT2D eigenvalue weighted by molar-refractivity contribution is 0.171. The number of ether oxygens (including phenoxy) is 2. The van der Waals surface area contributed by atoms with E-state index >= 15 is 0 Å². The minimum absolute atomic E-state index is 0.0145. The Balaban J connectivity index is 1.95. The van der Waals surface area contributed by atoms with Crippen molar-refractivity contribution in [2.75, 3.05) is 17.9 Å². The first-order chi connectivity index (χ1) is 9.56. The van der Waals surface area contributed by atoms with Crippen molar-refractivity contribution in [1.82, 2.24) is 9.97 Å². The molecule has 0 aliphatic carbocycles. The van der Waals surface area contributed by atoms with E-state index in [4.69, 9.17) is 9.47 Å². The topological polar surface area (TPSA) is 93.3 Å². The fourth-order valence-electron chi connectivity index (χ4n) is 1.73. The van der Waals surface area contributed by atoms with Gasteiger partial charge in [-0.3, -0.25) is 4.72 Å². The van der Waals surface area contributed by atoms with Crippen LogP contribution in [0.4, 0.5) is 5.69 Å². The Hall–Kier alpha value is -1.74. The number of rotatable bonds is 3. The number of halogens is 1. The summed E-state index contributed by atoms with van der Waals surface area (Å²) in [6.45, 7) is 0.903. The van der Waals surface area contributed by atoms with Gasteiger partial charge in [-0.05, 0) is 15.9 Å². The van der Waals surface area contributed by atoms with Gasteiger partial charge in [-0.25, -0.2) is 4.98 Å². The van der Waals surface area contributed by atoms with Crippen LogP contribution in [0.2, 0.25) is 0 Å². The number of hydrogen-bond acceptors (Lipinski definition) is 5. The van der Waals surface area contributed by atoms with Gasteiger partial charge in [0.25, 0.3) is 10.0 Å². The fraction of sp³-hybridized carbons (Fsp3) is 0.182. The van der Waals surface area contributed by atoms with Crippen molar-refractivity contribution in [2.45, 2.75) is 5.03 Å². The molecule has 0 unspecified atom stereocenters. The molecule has 2 aromatic rings. The minimum Gasteiger partial charge on any atom is -0.486 e. The zero-order valence-corrected chi connectivity index (χ0v) is 12.5. The molecule has 106 valence electrons. The maximum atomic E-state index is 12.1. The second-order valence-electron chi connectivity index (χ2n) is 4.00. The zero-order valence-electron chi connectivity index (χ0n) is 10.1. The van der Waals surface area contributed by atoms with Crippen LogP contribution < -0.4 is 14.2 Å². The lowest BCUT2D eigenvalue weighted by Gasteiger charge is -2.20. The molecule has 7 nitrogen and oxygen atoms in total. The van der Waals surface area contributed by atoms with E-state index in [0.717, 1.165) is 0 Å². The third-order valence-electron chi connectivity index (χ3n) is 2.64. The maximum Gasteiger partial charge on any atom is 0.279 e. The molecule has 0 atom stereocenters. The van der Waals surface area contributed by atoms with Crippen LogP contribution in [0.1, 0.15) is 0 Å². The van der Waals surface area contributed by atoms with E-state index in [2.05, 4.69) is 30.6 Å². The highest BCUT2D eigenvalue weighted by Crippen LogP contribution is 2.38. The third kappa shape index (κ3) is 2.46. The Labute approximate surface area is 123 Å². The van der Waals surface area contributed by atoms with Gasteiger partial charge < -0.3 is 14.5 Å². The molecule has 0 saturated heterocycles. The first-order valence-electron chi connectivity index (χ1n) is 5.66. The van der Waals surface area contributed by atoms with E-state index in [1.807, 2.05) is 0 Å². The van der Waals surface area contributed by atoms with Crippen LogP contribution >= 0.6 is 15.9 Å². The second kappa shape index (κ2) is 4.98. The van der Waals surface area contributed by atoms with Crippen LogP contribution in [0.5, 0.6) is 11.5 Å². The maximum absolute atomic E-state index is 12.1. The Bertz CT molecular complexity index is 730. The van der Waals surface area contributed by atoms with Crippen molar-refractivity contribution >= 4 is 31.6 Å². The van der Waals surface area contributed by atoms with Crippen LogP contribution in [0.3, 0.4) is 0 Å². The van der Waals surface area contributed by atoms with E-state index in [1.54, 1.807) is 12.1 Å². The summed E-state index contributed by atoms with van der Waals surface area (Å²) in [5, 5.41) is -0.0145. The molecule has 0 radical (unpaired) electrons. The second-order valence-corrected chi connectivity index (χ2v) is 6.50. The number of H-pyrrole nitrogens is 1. The number of imidazole rings is 1. The molecular weight excluding hydrogens is 350 g/mol. The molecule has 1 aliphatic rings. The Morgan fingerprint density at radius 2 is 1.95 bits per heavy atom. The average Bonchev–Trinajstić information content (AvgIpc) is 2.94. The number of fused-ring (bicyclic) bond motifs is 1. The number of sulfonamides is 1. The molecule has 3 rings (SSSR count). The minimum atomic E-state index is -3.71. The third-order valence-corrected chi connectivity index (χ3v) is 4.59. The van der Waals surface area contributed by atoms with Crippen molar-refractivity contribution in [1.29, 1.82) is 0 Å². The van der Waals surface area contributed by atoms with Gasteiger partial charge in [0.15, 0.2) is 16.5 Å². The molecule has 0 saturated carbocycles. The smallest absolute Gasteiger partial charge is 0.279 e. The summed E-state index contributed by atoms with van der Waals surface area (Å²) in [5.74, 6) is 1.08. The quantitative estimate of drug-likeness (QED) is 0.870. The molecule has 0 fully saturated rings. The van der Waals surface area contributed by atoms with Crippen molar-refractivity contribution in [3.63, 3.8) is 0 Å². The van der Waals surface area contributed by atoms with Crippen LogP contribution in [0.15, 0.2) is 34.2 Å². The van der Waals surface area contributed by atoms with E-state index in [-0.39, 0.29) is 5.03 Å². The molecule has 20 heavy (non-hydrogen) atoms.